The molecule has 3 nitrogen and oxygen atoms in total. The van der Waals surface area contributed by atoms with E-state index in [1.165, 1.54) is 12.1 Å². The monoisotopic (exact) mass is 299 g/mol. The molecule has 0 saturated heterocycles. The van der Waals surface area contributed by atoms with E-state index in [-0.39, 0.29) is 15.6 Å². The Morgan fingerprint density at radius 2 is 1.63 bits per heavy atom. The number of benzene rings is 2. The number of nitrogens with one attached hydrogen (secondary N) is 1. The van der Waals surface area contributed by atoms with Gasteiger partial charge >= 0.3 is 5.97 Å². The molecule has 0 aliphatic rings. The second kappa shape index (κ2) is 5.47. The van der Waals surface area contributed by atoms with Crippen molar-refractivity contribution in [2.75, 3.05) is 5.32 Å². The summed E-state index contributed by atoms with van der Waals surface area (Å²) in [5, 5.41) is 12.0. The molecule has 98 valence electrons. The summed E-state index contributed by atoms with van der Waals surface area (Å²) in [5.74, 6) is -1.54. The molecule has 0 amide bonds. The van der Waals surface area contributed by atoms with Crippen molar-refractivity contribution in [3.63, 3.8) is 0 Å². The first-order valence-electron chi connectivity index (χ1n) is 5.22. The SMILES string of the molecule is O=C(O)c1ccc(Nc2c(Cl)cc(F)cc2Cl)cc1. The average molecular weight is 300 g/mol. The van der Waals surface area contributed by atoms with Crippen LogP contribution in [0.25, 0.3) is 0 Å². The van der Waals surface area contributed by atoms with Crippen molar-refractivity contribution in [1.29, 1.82) is 0 Å². The van der Waals surface area contributed by atoms with Crippen molar-refractivity contribution >= 4 is 40.5 Å². The molecule has 6 heteroatoms. The van der Waals surface area contributed by atoms with E-state index < -0.39 is 11.8 Å². The zero-order chi connectivity index (χ0) is 14.0. The molecule has 2 rings (SSSR count). The number of anilines is 2. The molecule has 0 unspecified atom stereocenters. The fourth-order valence-corrected chi connectivity index (χ4v) is 2.06. The van der Waals surface area contributed by atoms with Crippen molar-refractivity contribution in [3.05, 3.63) is 57.8 Å². The lowest BCUT2D eigenvalue weighted by atomic mass is 10.2. The van der Waals surface area contributed by atoms with Gasteiger partial charge in [-0.2, -0.15) is 0 Å². The van der Waals surface area contributed by atoms with Crippen LogP contribution in [0, 0.1) is 5.82 Å². The van der Waals surface area contributed by atoms with Crippen LogP contribution in [0.3, 0.4) is 0 Å². The Bertz CT molecular complexity index is 606. The Balaban J connectivity index is 2.29. The molecule has 0 fully saturated rings. The van der Waals surface area contributed by atoms with Crippen molar-refractivity contribution in [2.24, 2.45) is 0 Å². The van der Waals surface area contributed by atoms with Crippen LogP contribution in [0.15, 0.2) is 36.4 Å². The van der Waals surface area contributed by atoms with Gasteiger partial charge in [0.1, 0.15) is 5.82 Å². The summed E-state index contributed by atoms with van der Waals surface area (Å²) >= 11 is 11.8. The first-order valence-corrected chi connectivity index (χ1v) is 5.98. The summed E-state index contributed by atoms with van der Waals surface area (Å²) in [6.45, 7) is 0. The quantitative estimate of drug-likeness (QED) is 0.872. The molecule has 0 aromatic heterocycles. The molecule has 2 aromatic carbocycles. The molecule has 2 N–H and O–H groups in total. The van der Waals surface area contributed by atoms with Gasteiger partial charge in [-0.25, -0.2) is 9.18 Å². The first kappa shape index (κ1) is 13.6. The normalized spacial score (nSPS) is 10.3. The Morgan fingerprint density at radius 1 is 1.11 bits per heavy atom. The largest absolute Gasteiger partial charge is 0.478 e. The maximum Gasteiger partial charge on any atom is 0.335 e. The molecule has 0 spiro atoms. The summed E-state index contributed by atoms with van der Waals surface area (Å²) in [6.07, 6.45) is 0. The summed E-state index contributed by atoms with van der Waals surface area (Å²) in [6, 6.07) is 8.30. The van der Waals surface area contributed by atoms with Gasteiger partial charge in [-0.3, -0.25) is 0 Å². The molecule has 0 radical (unpaired) electrons. The van der Waals surface area contributed by atoms with Crippen molar-refractivity contribution in [3.8, 4) is 0 Å². The fraction of sp³-hybridized carbons (Fsp3) is 0. The number of aromatic carboxylic acids is 1. The highest BCUT2D eigenvalue weighted by Gasteiger charge is 2.09. The Kier molecular flexibility index (Phi) is 3.93. The maximum atomic E-state index is 13.0. The van der Waals surface area contributed by atoms with Crippen LogP contribution in [0.2, 0.25) is 10.0 Å². The van der Waals surface area contributed by atoms with Gasteiger partial charge in [-0.05, 0) is 36.4 Å². The number of carboxylic acid groups (broad SMARTS) is 1. The van der Waals surface area contributed by atoms with Gasteiger partial charge in [0.25, 0.3) is 0 Å². The number of carboxylic acids is 1. The third-order valence-corrected chi connectivity index (χ3v) is 3.00. The van der Waals surface area contributed by atoms with E-state index in [1.54, 1.807) is 12.1 Å². The highest BCUT2D eigenvalue weighted by molar-refractivity contribution is 6.39. The fourth-order valence-electron chi connectivity index (χ4n) is 1.50. The average Bonchev–Trinajstić information content (AvgIpc) is 2.34. The van der Waals surface area contributed by atoms with Gasteiger partial charge in [0.05, 0.1) is 21.3 Å². The third-order valence-electron chi connectivity index (χ3n) is 2.41. The van der Waals surface area contributed by atoms with Crippen LogP contribution in [-0.4, -0.2) is 11.1 Å². The van der Waals surface area contributed by atoms with Crippen molar-refractivity contribution in [1.82, 2.24) is 0 Å². The molecule has 0 aliphatic carbocycles. The topological polar surface area (TPSA) is 49.3 Å². The minimum absolute atomic E-state index is 0.146. The van der Waals surface area contributed by atoms with Crippen LogP contribution in [0.1, 0.15) is 10.4 Å². The van der Waals surface area contributed by atoms with E-state index in [1.807, 2.05) is 0 Å². The van der Waals surface area contributed by atoms with Gasteiger partial charge in [0, 0.05) is 5.69 Å². The lowest BCUT2D eigenvalue weighted by molar-refractivity contribution is 0.0697. The van der Waals surface area contributed by atoms with Crippen molar-refractivity contribution < 1.29 is 14.3 Å². The van der Waals surface area contributed by atoms with Crippen LogP contribution in [0.4, 0.5) is 15.8 Å². The molecular weight excluding hydrogens is 292 g/mol. The van der Waals surface area contributed by atoms with Crippen LogP contribution in [-0.2, 0) is 0 Å². The van der Waals surface area contributed by atoms with Crippen LogP contribution >= 0.6 is 23.2 Å². The van der Waals surface area contributed by atoms with Gasteiger partial charge in [-0.1, -0.05) is 23.2 Å². The minimum Gasteiger partial charge on any atom is -0.478 e. The number of carbonyl (C=O) groups is 1. The van der Waals surface area contributed by atoms with Gasteiger partial charge in [0.15, 0.2) is 0 Å². The highest BCUT2D eigenvalue weighted by atomic mass is 35.5. The lowest BCUT2D eigenvalue weighted by Gasteiger charge is -2.10. The highest BCUT2D eigenvalue weighted by Crippen LogP contribution is 2.33. The molecule has 19 heavy (non-hydrogen) atoms. The molecule has 0 aliphatic heterocycles. The van der Waals surface area contributed by atoms with Crippen LogP contribution in [0.5, 0.6) is 0 Å². The number of hydrogen-bond acceptors (Lipinski definition) is 2. The lowest BCUT2D eigenvalue weighted by Crippen LogP contribution is -1.97. The molecule has 2 aromatic rings. The summed E-state index contributed by atoms with van der Waals surface area (Å²) in [5.41, 5.74) is 1.13. The van der Waals surface area contributed by atoms with Crippen LogP contribution < -0.4 is 5.32 Å². The number of rotatable bonds is 3. The zero-order valence-electron chi connectivity index (χ0n) is 9.45. The zero-order valence-corrected chi connectivity index (χ0v) is 11.0. The predicted octanol–water partition coefficient (Wildman–Crippen LogP) is 4.57. The summed E-state index contributed by atoms with van der Waals surface area (Å²) < 4.78 is 13.0. The molecule has 0 saturated carbocycles. The number of halogens is 3. The summed E-state index contributed by atoms with van der Waals surface area (Å²) in [4.78, 5) is 10.7. The summed E-state index contributed by atoms with van der Waals surface area (Å²) in [7, 11) is 0. The standard InChI is InChI=1S/C13H8Cl2FNO2/c14-10-5-8(16)6-11(15)12(10)17-9-3-1-7(2-4-9)13(18)19/h1-6,17H,(H,18,19). The molecule has 0 heterocycles. The van der Waals surface area contributed by atoms with Crippen molar-refractivity contribution in [2.45, 2.75) is 0 Å². The smallest absolute Gasteiger partial charge is 0.335 e. The Morgan fingerprint density at radius 3 is 2.11 bits per heavy atom. The molecular formula is C13H8Cl2FNO2. The van der Waals surface area contributed by atoms with E-state index in [0.29, 0.717) is 11.4 Å². The third kappa shape index (κ3) is 3.16. The van der Waals surface area contributed by atoms with E-state index in [4.69, 9.17) is 28.3 Å². The van der Waals surface area contributed by atoms with E-state index in [0.717, 1.165) is 12.1 Å². The molecule has 0 atom stereocenters. The second-order valence-corrected chi connectivity index (χ2v) is 4.57. The minimum atomic E-state index is -1.01. The number of hydrogen-bond donors (Lipinski definition) is 2. The van der Waals surface area contributed by atoms with E-state index in [9.17, 15) is 9.18 Å². The van der Waals surface area contributed by atoms with E-state index in [2.05, 4.69) is 5.32 Å². The van der Waals surface area contributed by atoms with Gasteiger partial charge in [0.2, 0.25) is 0 Å². The van der Waals surface area contributed by atoms with Gasteiger partial charge in [-0.15, -0.1) is 0 Å². The predicted molar refractivity (Wildman–Crippen MR) is 73.1 cm³/mol. The second-order valence-electron chi connectivity index (χ2n) is 3.75. The Labute approximate surface area is 118 Å². The first-order chi connectivity index (χ1) is 8.97. The Hall–Kier alpha value is -1.78. The van der Waals surface area contributed by atoms with Gasteiger partial charge < -0.3 is 10.4 Å². The van der Waals surface area contributed by atoms with E-state index >= 15 is 0 Å². The maximum absolute atomic E-state index is 13.0. The molecule has 0 bridgehead atoms.